The molecule has 8 heteroatoms. The number of carboxylic acid groups (broad SMARTS) is 1. The number of amides is 3. The Morgan fingerprint density at radius 3 is 2.60 bits per heavy atom. The van der Waals surface area contributed by atoms with Crippen LogP contribution in [-0.2, 0) is 4.79 Å². The first kappa shape index (κ1) is 15.4. The maximum atomic E-state index is 12.9. The molecule has 0 radical (unpaired) electrons. The van der Waals surface area contributed by atoms with Crippen LogP contribution >= 0.6 is 0 Å². The molecule has 20 heavy (non-hydrogen) atoms. The van der Waals surface area contributed by atoms with E-state index in [1.54, 1.807) is 0 Å². The lowest BCUT2D eigenvalue weighted by atomic mass is 10.2. The van der Waals surface area contributed by atoms with Crippen LogP contribution in [0.1, 0.15) is 23.2 Å². The summed E-state index contributed by atoms with van der Waals surface area (Å²) in [5.41, 5.74) is 4.56. The van der Waals surface area contributed by atoms with Crippen LogP contribution in [0.15, 0.2) is 18.2 Å². The lowest BCUT2D eigenvalue weighted by Crippen LogP contribution is -2.30. The maximum Gasteiger partial charge on any atom is 0.337 e. The number of primary amides is 1. The molecule has 0 aromatic heterocycles. The first-order chi connectivity index (χ1) is 9.40. The average molecular weight is 283 g/mol. The van der Waals surface area contributed by atoms with Crippen molar-refractivity contribution in [1.29, 1.82) is 0 Å². The molecule has 3 amide bonds. The highest BCUT2D eigenvalue weighted by molar-refractivity contribution is 5.99. The van der Waals surface area contributed by atoms with Gasteiger partial charge in [0.2, 0.25) is 5.91 Å². The monoisotopic (exact) mass is 283 g/mol. The summed E-state index contributed by atoms with van der Waals surface area (Å²) in [7, 11) is 0. The minimum Gasteiger partial charge on any atom is -0.478 e. The summed E-state index contributed by atoms with van der Waals surface area (Å²) in [5.74, 6) is -2.54. The van der Waals surface area contributed by atoms with Crippen LogP contribution in [-0.4, -0.2) is 29.6 Å². The number of carbonyl (C=O) groups is 3. The third-order valence-corrected chi connectivity index (χ3v) is 2.35. The number of nitrogens with one attached hydrogen (secondary N) is 2. The molecular weight excluding hydrogens is 269 g/mol. The highest BCUT2D eigenvalue weighted by Gasteiger charge is 2.13. The van der Waals surface area contributed by atoms with E-state index in [0.29, 0.717) is 6.42 Å². The number of hydrogen-bond donors (Lipinski definition) is 4. The normalized spacial score (nSPS) is 9.85. The van der Waals surface area contributed by atoms with Crippen molar-refractivity contribution in [3.63, 3.8) is 0 Å². The molecule has 1 aromatic rings. The van der Waals surface area contributed by atoms with E-state index in [9.17, 15) is 18.8 Å². The van der Waals surface area contributed by atoms with Gasteiger partial charge in [0.15, 0.2) is 0 Å². The molecule has 0 fully saturated rings. The Kier molecular flexibility index (Phi) is 5.45. The van der Waals surface area contributed by atoms with Crippen molar-refractivity contribution >= 4 is 23.6 Å². The Labute approximate surface area is 114 Å². The van der Waals surface area contributed by atoms with Gasteiger partial charge in [-0.15, -0.1) is 0 Å². The van der Waals surface area contributed by atoms with Crippen molar-refractivity contribution in [2.45, 2.75) is 12.8 Å². The second-order valence-corrected chi connectivity index (χ2v) is 3.95. The van der Waals surface area contributed by atoms with Crippen LogP contribution in [0.2, 0.25) is 0 Å². The first-order valence-electron chi connectivity index (χ1n) is 5.76. The van der Waals surface area contributed by atoms with Crippen molar-refractivity contribution in [3.8, 4) is 0 Å². The lowest BCUT2D eigenvalue weighted by Gasteiger charge is -2.09. The Morgan fingerprint density at radius 1 is 1.30 bits per heavy atom. The van der Waals surface area contributed by atoms with Crippen molar-refractivity contribution in [2.75, 3.05) is 11.9 Å². The Bertz CT molecular complexity index is 533. The summed E-state index contributed by atoms with van der Waals surface area (Å²) in [6.07, 6.45) is 0.509. The lowest BCUT2D eigenvalue weighted by molar-refractivity contribution is -0.118. The van der Waals surface area contributed by atoms with Crippen LogP contribution in [0, 0.1) is 5.82 Å². The number of anilines is 1. The smallest absolute Gasteiger partial charge is 0.337 e. The molecule has 0 spiro atoms. The zero-order valence-electron chi connectivity index (χ0n) is 10.5. The van der Waals surface area contributed by atoms with E-state index in [4.69, 9.17) is 10.8 Å². The molecule has 0 saturated carbocycles. The highest BCUT2D eigenvalue weighted by atomic mass is 19.1. The minimum atomic E-state index is -1.35. The van der Waals surface area contributed by atoms with Crippen LogP contribution in [0.25, 0.3) is 0 Å². The second kappa shape index (κ2) is 7.07. The van der Waals surface area contributed by atoms with E-state index in [1.165, 1.54) is 0 Å². The number of rotatable bonds is 6. The number of carboxylic acids is 1. The number of aromatic carboxylic acids is 1. The number of urea groups is 1. The van der Waals surface area contributed by atoms with E-state index in [1.807, 2.05) is 0 Å². The van der Waals surface area contributed by atoms with Crippen LogP contribution in [0.3, 0.4) is 0 Å². The van der Waals surface area contributed by atoms with E-state index in [2.05, 4.69) is 10.6 Å². The van der Waals surface area contributed by atoms with Gasteiger partial charge in [0.1, 0.15) is 5.82 Å². The number of nitrogens with two attached hydrogens (primary N) is 1. The molecule has 5 N–H and O–H groups in total. The zero-order chi connectivity index (χ0) is 15.1. The third-order valence-electron chi connectivity index (χ3n) is 2.35. The predicted octanol–water partition coefficient (Wildman–Crippen LogP) is 0.911. The molecule has 1 rings (SSSR count). The first-order valence-corrected chi connectivity index (χ1v) is 5.76. The molecular formula is C12H14FN3O4. The Hall–Kier alpha value is -2.64. The van der Waals surface area contributed by atoms with Gasteiger partial charge in [-0.25, -0.2) is 14.0 Å². The molecule has 0 aliphatic heterocycles. The number of carbonyl (C=O) groups excluding carboxylic acids is 2. The van der Waals surface area contributed by atoms with Crippen LogP contribution in [0.5, 0.6) is 0 Å². The third kappa shape index (κ3) is 4.92. The van der Waals surface area contributed by atoms with Gasteiger partial charge >= 0.3 is 12.0 Å². The molecule has 0 atom stereocenters. The molecule has 0 aliphatic rings. The fourth-order valence-corrected chi connectivity index (χ4v) is 1.43. The van der Waals surface area contributed by atoms with Crippen molar-refractivity contribution in [1.82, 2.24) is 5.32 Å². The van der Waals surface area contributed by atoms with E-state index in [-0.39, 0.29) is 24.2 Å². The van der Waals surface area contributed by atoms with Gasteiger partial charge in [0.25, 0.3) is 0 Å². The summed E-state index contributed by atoms with van der Waals surface area (Å²) >= 11 is 0. The van der Waals surface area contributed by atoms with Gasteiger partial charge in [-0.1, -0.05) is 0 Å². The van der Waals surface area contributed by atoms with Crippen LogP contribution in [0.4, 0.5) is 14.9 Å². The summed E-state index contributed by atoms with van der Waals surface area (Å²) in [6, 6.07) is 2.35. The summed E-state index contributed by atoms with van der Waals surface area (Å²) < 4.78 is 12.9. The fourth-order valence-electron chi connectivity index (χ4n) is 1.43. The molecule has 108 valence electrons. The highest BCUT2D eigenvalue weighted by Crippen LogP contribution is 2.16. The Morgan fingerprint density at radius 2 is 2.00 bits per heavy atom. The standard InChI is InChI=1S/C12H14FN3O4/c13-7-3-4-9(8(6-7)11(18)19)16-12(20)15-5-1-2-10(14)17/h3-4,6H,1-2,5H2,(H2,14,17)(H,18,19)(H2,15,16,20). The van der Waals surface area contributed by atoms with Crippen molar-refractivity contribution < 1.29 is 23.9 Å². The van der Waals surface area contributed by atoms with Gasteiger partial charge in [0, 0.05) is 13.0 Å². The second-order valence-electron chi connectivity index (χ2n) is 3.95. The summed E-state index contributed by atoms with van der Waals surface area (Å²) in [6.45, 7) is 0.207. The predicted molar refractivity (Wildman–Crippen MR) is 68.8 cm³/mol. The number of hydrogen-bond acceptors (Lipinski definition) is 3. The molecule has 1 aromatic carbocycles. The van der Waals surface area contributed by atoms with Crippen molar-refractivity contribution in [2.24, 2.45) is 5.73 Å². The van der Waals surface area contributed by atoms with E-state index in [0.717, 1.165) is 18.2 Å². The molecule has 0 unspecified atom stereocenters. The fraction of sp³-hybridized carbons (Fsp3) is 0.250. The Balaban J connectivity index is 2.57. The van der Waals surface area contributed by atoms with Gasteiger partial charge in [-0.05, 0) is 24.6 Å². The molecule has 7 nitrogen and oxygen atoms in total. The van der Waals surface area contributed by atoms with E-state index >= 15 is 0 Å². The van der Waals surface area contributed by atoms with Crippen LogP contribution < -0.4 is 16.4 Å². The molecule has 0 saturated heterocycles. The largest absolute Gasteiger partial charge is 0.478 e. The zero-order valence-corrected chi connectivity index (χ0v) is 10.5. The molecule has 0 heterocycles. The van der Waals surface area contributed by atoms with Gasteiger partial charge in [-0.2, -0.15) is 0 Å². The van der Waals surface area contributed by atoms with Gasteiger partial charge in [0.05, 0.1) is 11.3 Å². The minimum absolute atomic E-state index is 0.0219. The van der Waals surface area contributed by atoms with E-state index < -0.39 is 23.7 Å². The number of benzene rings is 1. The maximum absolute atomic E-state index is 12.9. The van der Waals surface area contributed by atoms with Gasteiger partial charge < -0.3 is 21.5 Å². The summed E-state index contributed by atoms with van der Waals surface area (Å²) in [5, 5.41) is 13.6. The topological polar surface area (TPSA) is 122 Å². The molecule has 0 bridgehead atoms. The van der Waals surface area contributed by atoms with Crippen molar-refractivity contribution in [3.05, 3.63) is 29.6 Å². The SMILES string of the molecule is NC(=O)CCCNC(=O)Nc1ccc(F)cc1C(=O)O. The van der Waals surface area contributed by atoms with Gasteiger partial charge in [-0.3, -0.25) is 4.79 Å². The quantitative estimate of drug-likeness (QED) is 0.580. The number of halogens is 1. The summed E-state index contributed by atoms with van der Waals surface area (Å²) in [4.78, 5) is 32.9. The molecule has 0 aliphatic carbocycles. The average Bonchev–Trinajstić information content (AvgIpc) is 2.36.